The normalized spacial score (nSPS) is 10.2. The van der Waals surface area contributed by atoms with Gasteiger partial charge in [0.05, 0.1) is 5.56 Å². The van der Waals surface area contributed by atoms with Crippen LogP contribution in [0.25, 0.3) is 11.1 Å². The quantitative estimate of drug-likeness (QED) is 0.722. The summed E-state index contributed by atoms with van der Waals surface area (Å²) in [5.41, 5.74) is 2.44. The van der Waals surface area contributed by atoms with Crippen LogP contribution < -0.4 is 5.56 Å². The number of nitrogens with one attached hydrogen (secondary N) is 2. The molecule has 0 aliphatic rings. The van der Waals surface area contributed by atoms with Crippen molar-refractivity contribution in [1.82, 2.24) is 9.97 Å². The fourth-order valence-electron chi connectivity index (χ4n) is 1.48. The Hall–Kier alpha value is -1.68. The molecule has 0 spiro atoms. The Morgan fingerprint density at radius 3 is 2.60 bits per heavy atom. The number of aromatic amines is 2. The molecule has 0 radical (unpaired) electrons. The first-order valence-electron chi connectivity index (χ1n) is 4.56. The van der Waals surface area contributed by atoms with Gasteiger partial charge in [0, 0.05) is 6.20 Å². The molecule has 1 heterocycles. The molecule has 0 fully saturated rings. The van der Waals surface area contributed by atoms with E-state index in [2.05, 4.69) is 9.97 Å². The van der Waals surface area contributed by atoms with Gasteiger partial charge in [-0.2, -0.15) is 0 Å². The molecule has 2 rings (SSSR count). The molecule has 0 amide bonds. The summed E-state index contributed by atoms with van der Waals surface area (Å²) in [6.07, 6.45) is 1.64. The van der Waals surface area contributed by atoms with Crippen LogP contribution in [0.3, 0.4) is 0 Å². The zero-order chi connectivity index (χ0) is 10.8. The predicted octanol–water partition coefficient (Wildman–Crippen LogP) is 2.41. The molecular weight excluding hydrogens is 208 g/mol. The Morgan fingerprint density at radius 1 is 1.20 bits per heavy atom. The monoisotopic (exact) mass is 218 g/mol. The van der Waals surface area contributed by atoms with Crippen LogP contribution in [-0.2, 0) is 0 Å². The maximum Gasteiger partial charge on any atom is 0.259 e. The molecule has 76 valence electrons. The highest BCUT2D eigenvalue weighted by Crippen LogP contribution is 2.18. The van der Waals surface area contributed by atoms with E-state index in [0.29, 0.717) is 10.3 Å². The Balaban J connectivity index is 2.70. The van der Waals surface area contributed by atoms with E-state index in [0.717, 1.165) is 11.1 Å². The summed E-state index contributed by atoms with van der Waals surface area (Å²) in [7, 11) is 0. The van der Waals surface area contributed by atoms with Gasteiger partial charge in [-0.3, -0.25) is 9.78 Å². The van der Waals surface area contributed by atoms with Gasteiger partial charge in [0.1, 0.15) is 0 Å². The summed E-state index contributed by atoms with van der Waals surface area (Å²) in [6.45, 7) is 1.97. The SMILES string of the molecule is Cc1ccccc1-c1c[nH]c(=S)[nH]c1=O. The molecule has 0 unspecified atom stereocenters. The minimum absolute atomic E-state index is 0.159. The van der Waals surface area contributed by atoms with E-state index in [-0.39, 0.29) is 5.56 Å². The standard InChI is InChI=1S/C11H10N2OS/c1-7-4-2-3-5-8(7)9-6-12-11(15)13-10(9)14/h2-6H,1H3,(H2,12,13,14,15). The topological polar surface area (TPSA) is 48.6 Å². The number of aryl methyl sites for hydroxylation is 1. The van der Waals surface area contributed by atoms with E-state index in [1.54, 1.807) is 6.20 Å². The van der Waals surface area contributed by atoms with Crippen molar-refractivity contribution >= 4 is 12.2 Å². The lowest BCUT2D eigenvalue weighted by Crippen LogP contribution is -2.10. The van der Waals surface area contributed by atoms with Crippen LogP contribution in [0.1, 0.15) is 5.56 Å². The van der Waals surface area contributed by atoms with Crippen molar-refractivity contribution in [2.45, 2.75) is 6.92 Å². The van der Waals surface area contributed by atoms with Gasteiger partial charge in [-0.05, 0) is 30.3 Å². The van der Waals surface area contributed by atoms with Gasteiger partial charge in [-0.1, -0.05) is 24.3 Å². The Morgan fingerprint density at radius 2 is 1.93 bits per heavy atom. The highest BCUT2D eigenvalue weighted by Gasteiger charge is 2.04. The van der Waals surface area contributed by atoms with E-state index in [1.165, 1.54) is 0 Å². The van der Waals surface area contributed by atoms with Crippen LogP contribution in [0.4, 0.5) is 0 Å². The second kappa shape index (κ2) is 3.82. The van der Waals surface area contributed by atoms with E-state index in [1.807, 2.05) is 31.2 Å². The van der Waals surface area contributed by atoms with Crippen molar-refractivity contribution < 1.29 is 0 Å². The van der Waals surface area contributed by atoms with Crippen LogP contribution in [-0.4, -0.2) is 9.97 Å². The number of benzene rings is 1. The third kappa shape index (κ3) is 1.89. The van der Waals surface area contributed by atoms with Gasteiger partial charge in [-0.25, -0.2) is 0 Å². The Bertz CT molecular complexity index is 598. The van der Waals surface area contributed by atoms with Crippen molar-refractivity contribution in [3.05, 3.63) is 51.2 Å². The van der Waals surface area contributed by atoms with Gasteiger partial charge in [0.15, 0.2) is 4.77 Å². The summed E-state index contributed by atoms with van der Waals surface area (Å²) in [5, 5.41) is 0. The summed E-state index contributed by atoms with van der Waals surface area (Å²) in [5.74, 6) is 0. The fraction of sp³-hybridized carbons (Fsp3) is 0.0909. The largest absolute Gasteiger partial charge is 0.338 e. The molecule has 1 aromatic heterocycles. The van der Waals surface area contributed by atoms with Crippen LogP contribution in [0.5, 0.6) is 0 Å². The molecule has 0 saturated carbocycles. The molecule has 4 heteroatoms. The number of rotatable bonds is 1. The third-order valence-electron chi connectivity index (χ3n) is 2.25. The predicted molar refractivity (Wildman–Crippen MR) is 62.4 cm³/mol. The molecule has 1 aromatic carbocycles. The first-order valence-corrected chi connectivity index (χ1v) is 4.97. The smallest absolute Gasteiger partial charge is 0.259 e. The minimum Gasteiger partial charge on any atom is -0.338 e. The lowest BCUT2D eigenvalue weighted by molar-refractivity contribution is 1.09. The van der Waals surface area contributed by atoms with Gasteiger partial charge < -0.3 is 4.98 Å². The first-order chi connectivity index (χ1) is 7.18. The van der Waals surface area contributed by atoms with Crippen molar-refractivity contribution in [3.8, 4) is 11.1 Å². The minimum atomic E-state index is -0.159. The lowest BCUT2D eigenvalue weighted by atomic mass is 10.0. The van der Waals surface area contributed by atoms with Crippen molar-refractivity contribution in [3.63, 3.8) is 0 Å². The molecule has 0 aliphatic heterocycles. The van der Waals surface area contributed by atoms with E-state index in [4.69, 9.17) is 12.2 Å². The second-order valence-corrected chi connectivity index (χ2v) is 3.71. The van der Waals surface area contributed by atoms with Gasteiger partial charge >= 0.3 is 0 Å². The van der Waals surface area contributed by atoms with Gasteiger partial charge in [0.2, 0.25) is 0 Å². The molecule has 2 N–H and O–H groups in total. The maximum absolute atomic E-state index is 11.7. The Kier molecular flexibility index (Phi) is 2.51. The summed E-state index contributed by atoms with van der Waals surface area (Å²) >= 11 is 4.83. The van der Waals surface area contributed by atoms with E-state index >= 15 is 0 Å². The highest BCUT2D eigenvalue weighted by atomic mass is 32.1. The summed E-state index contributed by atoms with van der Waals surface area (Å²) < 4.78 is 0.345. The number of H-pyrrole nitrogens is 2. The molecule has 0 atom stereocenters. The van der Waals surface area contributed by atoms with Crippen LogP contribution in [0.15, 0.2) is 35.3 Å². The molecule has 3 nitrogen and oxygen atoms in total. The van der Waals surface area contributed by atoms with Crippen molar-refractivity contribution in [2.24, 2.45) is 0 Å². The summed E-state index contributed by atoms with van der Waals surface area (Å²) in [4.78, 5) is 17.0. The molecule has 0 saturated heterocycles. The van der Waals surface area contributed by atoms with Crippen molar-refractivity contribution in [2.75, 3.05) is 0 Å². The Labute approximate surface area is 91.8 Å². The molecule has 2 aromatic rings. The van der Waals surface area contributed by atoms with Crippen LogP contribution in [0.2, 0.25) is 0 Å². The van der Waals surface area contributed by atoms with Gasteiger partial charge in [0.25, 0.3) is 5.56 Å². The molecular formula is C11H10N2OS. The van der Waals surface area contributed by atoms with Crippen LogP contribution >= 0.6 is 12.2 Å². The maximum atomic E-state index is 11.7. The van der Waals surface area contributed by atoms with Gasteiger partial charge in [-0.15, -0.1) is 0 Å². The number of hydrogen-bond acceptors (Lipinski definition) is 2. The molecule has 0 aliphatic carbocycles. The number of aromatic nitrogens is 2. The molecule has 15 heavy (non-hydrogen) atoms. The molecule has 0 bridgehead atoms. The average molecular weight is 218 g/mol. The highest BCUT2D eigenvalue weighted by molar-refractivity contribution is 7.71. The third-order valence-corrected chi connectivity index (χ3v) is 2.47. The zero-order valence-electron chi connectivity index (χ0n) is 8.20. The zero-order valence-corrected chi connectivity index (χ0v) is 9.02. The summed E-state index contributed by atoms with van der Waals surface area (Å²) in [6, 6.07) is 7.73. The fourth-order valence-corrected chi connectivity index (χ4v) is 1.64. The second-order valence-electron chi connectivity index (χ2n) is 3.30. The average Bonchev–Trinajstić information content (AvgIpc) is 2.20. The van der Waals surface area contributed by atoms with E-state index < -0.39 is 0 Å². The number of hydrogen-bond donors (Lipinski definition) is 2. The van der Waals surface area contributed by atoms with E-state index in [9.17, 15) is 4.79 Å². The van der Waals surface area contributed by atoms with Crippen LogP contribution in [0, 0.1) is 11.7 Å². The van der Waals surface area contributed by atoms with Crippen molar-refractivity contribution in [1.29, 1.82) is 0 Å². The first kappa shape index (κ1) is 9.86. The lowest BCUT2D eigenvalue weighted by Gasteiger charge is -2.03.